The number of carbonyl (C=O) groups excluding carboxylic acids is 3. The van der Waals surface area contributed by atoms with Gasteiger partial charge in [-0.3, -0.25) is 14.4 Å². The van der Waals surface area contributed by atoms with E-state index in [1.807, 2.05) is 0 Å². The van der Waals surface area contributed by atoms with E-state index in [1.165, 1.54) is 193 Å². The maximum atomic E-state index is 12.9. The van der Waals surface area contributed by atoms with Crippen LogP contribution in [0, 0.1) is 0 Å². The molecule has 69 heavy (non-hydrogen) atoms. The highest BCUT2D eigenvalue weighted by Gasteiger charge is 2.19. The second kappa shape index (κ2) is 57.7. The van der Waals surface area contributed by atoms with Crippen LogP contribution >= 0.6 is 0 Å². The third-order valence-electron chi connectivity index (χ3n) is 13.0. The van der Waals surface area contributed by atoms with Crippen LogP contribution in [0.15, 0.2) is 60.8 Å². The Balaban J connectivity index is 4.41. The predicted molar refractivity (Wildman–Crippen MR) is 298 cm³/mol. The highest BCUT2D eigenvalue weighted by atomic mass is 16.6. The van der Waals surface area contributed by atoms with E-state index >= 15 is 0 Å². The van der Waals surface area contributed by atoms with Crippen molar-refractivity contribution in [2.24, 2.45) is 0 Å². The second-order valence-electron chi connectivity index (χ2n) is 19.9. The third-order valence-corrected chi connectivity index (χ3v) is 13.0. The lowest BCUT2D eigenvalue weighted by molar-refractivity contribution is -0.167. The van der Waals surface area contributed by atoms with Gasteiger partial charge in [-0.15, -0.1) is 0 Å². The molecule has 0 fully saturated rings. The third kappa shape index (κ3) is 55.9. The molecule has 0 rings (SSSR count). The van der Waals surface area contributed by atoms with Crippen LogP contribution in [-0.4, -0.2) is 37.2 Å². The molecule has 0 radical (unpaired) electrons. The van der Waals surface area contributed by atoms with Gasteiger partial charge in [0.15, 0.2) is 6.10 Å². The van der Waals surface area contributed by atoms with Crippen molar-refractivity contribution in [1.29, 1.82) is 0 Å². The van der Waals surface area contributed by atoms with Crippen LogP contribution in [0.1, 0.15) is 303 Å². The molecule has 6 nitrogen and oxygen atoms in total. The summed E-state index contributed by atoms with van der Waals surface area (Å²) >= 11 is 0. The highest BCUT2D eigenvalue weighted by molar-refractivity contribution is 5.71. The maximum Gasteiger partial charge on any atom is 0.306 e. The topological polar surface area (TPSA) is 78.9 Å². The number of carbonyl (C=O) groups is 3. The molecule has 0 aromatic carbocycles. The fraction of sp³-hybridized carbons (Fsp3) is 0.794. The first kappa shape index (κ1) is 66.1. The Hall–Kier alpha value is -2.89. The number of hydrogen-bond acceptors (Lipinski definition) is 6. The maximum absolute atomic E-state index is 12.9. The quantitative estimate of drug-likeness (QED) is 0.0262. The summed E-state index contributed by atoms with van der Waals surface area (Å²) in [6.45, 7) is 6.59. The molecule has 0 aromatic heterocycles. The van der Waals surface area contributed by atoms with Crippen molar-refractivity contribution in [3.63, 3.8) is 0 Å². The van der Waals surface area contributed by atoms with Crippen LogP contribution in [0.3, 0.4) is 0 Å². The smallest absolute Gasteiger partial charge is 0.306 e. The zero-order valence-corrected chi connectivity index (χ0v) is 45.8. The number of ether oxygens (including phenoxy) is 3. The van der Waals surface area contributed by atoms with Crippen molar-refractivity contribution in [2.45, 2.75) is 309 Å². The van der Waals surface area contributed by atoms with Gasteiger partial charge in [-0.1, -0.05) is 236 Å². The van der Waals surface area contributed by atoms with Gasteiger partial charge < -0.3 is 14.2 Å². The number of esters is 3. The van der Waals surface area contributed by atoms with Crippen molar-refractivity contribution < 1.29 is 28.6 Å². The van der Waals surface area contributed by atoms with Crippen LogP contribution < -0.4 is 0 Å². The molecule has 0 heterocycles. The van der Waals surface area contributed by atoms with E-state index in [0.717, 1.165) is 70.6 Å². The lowest BCUT2D eigenvalue weighted by Crippen LogP contribution is -2.30. The summed E-state index contributed by atoms with van der Waals surface area (Å²) in [6.07, 6.45) is 72.1. The molecule has 0 aliphatic rings. The number of hydrogen-bond donors (Lipinski definition) is 0. The van der Waals surface area contributed by atoms with Crippen molar-refractivity contribution >= 4 is 17.9 Å². The van der Waals surface area contributed by atoms with E-state index in [4.69, 9.17) is 14.2 Å². The molecule has 1 atom stereocenters. The highest BCUT2D eigenvalue weighted by Crippen LogP contribution is 2.15. The molecule has 0 aromatic rings. The van der Waals surface area contributed by atoms with Gasteiger partial charge >= 0.3 is 17.9 Å². The largest absolute Gasteiger partial charge is 0.462 e. The molecule has 0 saturated carbocycles. The van der Waals surface area contributed by atoms with Crippen LogP contribution in [0.25, 0.3) is 0 Å². The molecule has 0 unspecified atom stereocenters. The predicted octanol–water partition coefficient (Wildman–Crippen LogP) is 20.0. The molecule has 400 valence electrons. The molecule has 0 aliphatic carbocycles. The summed E-state index contributed by atoms with van der Waals surface area (Å²) in [5.41, 5.74) is 0. The SMILES string of the molecule is CCCCC/C=C\C/C=C\C/C=C\CCCCC(=O)OC[C@H](COC(=O)CCCCCCCCCCC/C=C\CCCCCCCC)OC(=O)CCCCCCCCC/C=C\CCCCCCCC. The van der Waals surface area contributed by atoms with Crippen LogP contribution in [0.4, 0.5) is 0 Å². The minimum absolute atomic E-state index is 0.0878. The first-order valence-electron chi connectivity index (χ1n) is 29.8. The molecule has 0 amide bonds. The van der Waals surface area contributed by atoms with Gasteiger partial charge in [0.2, 0.25) is 0 Å². The zero-order valence-electron chi connectivity index (χ0n) is 45.8. The van der Waals surface area contributed by atoms with E-state index in [-0.39, 0.29) is 31.1 Å². The fourth-order valence-corrected chi connectivity index (χ4v) is 8.44. The average Bonchev–Trinajstić information content (AvgIpc) is 3.35. The zero-order chi connectivity index (χ0) is 50.0. The summed E-state index contributed by atoms with van der Waals surface area (Å²) in [6, 6.07) is 0. The van der Waals surface area contributed by atoms with E-state index in [1.54, 1.807) is 0 Å². The summed E-state index contributed by atoms with van der Waals surface area (Å²) in [7, 11) is 0. The average molecular weight is 966 g/mol. The molecular formula is C63H112O6. The standard InChI is InChI=1S/C63H112O6/c1-4-7-10-13-16-19-22-25-28-30-31-33-35-38-41-44-47-50-53-56-62(65)68-59-60(58-67-61(64)55-52-49-46-43-40-37-34-27-24-21-18-15-12-9-6-3)69-63(66)57-54-51-48-45-42-39-36-32-29-26-23-20-17-14-11-8-5-2/h18,21,25-29,34,40,43,60H,4-17,19-20,22-24,30-33,35-39,41-42,44-59H2,1-3H3/b21-18-,28-25-,29-26-,34-27-,43-40-/t60-/m1/s1. The van der Waals surface area contributed by atoms with Crippen molar-refractivity contribution in [3.05, 3.63) is 60.8 Å². The molecule has 0 saturated heterocycles. The molecule has 6 heteroatoms. The van der Waals surface area contributed by atoms with Crippen LogP contribution in [0.2, 0.25) is 0 Å². The Morgan fingerprint density at radius 2 is 0.522 bits per heavy atom. The number of rotatable bonds is 54. The van der Waals surface area contributed by atoms with E-state index < -0.39 is 6.10 Å². The Bertz CT molecular complexity index is 1250. The minimum Gasteiger partial charge on any atom is -0.462 e. The first-order chi connectivity index (χ1) is 34.0. The summed E-state index contributed by atoms with van der Waals surface area (Å²) in [5.74, 6) is -0.922. The molecule has 0 aliphatic heterocycles. The van der Waals surface area contributed by atoms with Crippen molar-refractivity contribution in [3.8, 4) is 0 Å². The lowest BCUT2D eigenvalue weighted by Gasteiger charge is -2.18. The Morgan fingerprint density at radius 3 is 0.884 bits per heavy atom. The van der Waals surface area contributed by atoms with Gasteiger partial charge in [0, 0.05) is 19.3 Å². The van der Waals surface area contributed by atoms with E-state index in [0.29, 0.717) is 19.3 Å². The molecule has 0 N–H and O–H groups in total. The Kier molecular flexibility index (Phi) is 55.3. The second-order valence-corrected chi connectivity index (χ2v) is 19.9. The van der Waals surface area contributed by atoms with Crippen molar-refractivity contribution in [1.82, 2.24) is 0 Å². The molecule has 0 spiro atoms. The van der Waals surface area contributed by atoms with Gasteiger partial charge in [0.1, 0.15) is 13.2 Å². The summed E-state index contributed by atoms with van der Waals surface area (Å²) < 4.78 is 16.9. The fourth-order valence-electron chi connectivity index (χ4n) is 8.44. The normalized spacial score (nSPS) is 12.4. The molecule has 0 bridgehead atoms. The number of allylic oxidation sites excluding steroid dienone is 10. The monoisotopic (exact) mass is 965 g/mol. The van der Waals surface area contributed by atoms with Crippen LogP contribution in [-0.2, 0) is 28.6 Å². The van der Waals surface area contributed by atoms with Gasteiger partial charge in [0.25, 0.3) is 0 Å². The molecular weight excluding hydrogens is 853 g/mol. The van der Waals surface area contributed by atoms with Crippen LogP contribution in [0.5, 0.6) is 0 Å². The van der Waals surface area contributed by atoms with Crippen molar-refractivity contribution in [2.75, 3.05) is 13.2 Å². The Labute approximate surface area is 428 Å². The van der Waals surface area contributed by atoms with Gasteiger partial charge in [-0.25, -0.2) is 0 Å². The van der Waals surface area contributed by atoms with Gasteiger partial charge in [-0.05, 0) is 109 Å². The minimum atomic E-state index is -0.793. The van der Waals surface area contributed by atoms with Gasteiger partial charge in [-0.2, -0.15) is 0 Å². The lowest BCUT2D eigenvalue weighted by atomic mass is 10.1. The summed E-state index contributed by atoms with van der Waals surface area (Å²) in [4.78, 5) is 38.2. The first-order valence-corrected chi connectivity index (χ1v) is 29.8. The summed E-state index contributed by atoms with van der Waals surface area (Å²) in [5, 5.41) is 0. The Morgan fingerprint density at radius 1 is 0.290 bits per heavy atom. The van der Waals surface area contributed by atoms with E-state index in [9.17, 15) is 14.4 Å². The van der Waals surface area contributed by atoms with Gasteiger partial charge in [0.05, 0.1) is 0 Å². The van der Waals surface area contributed by atoms with E-state index in [2.05, 4.69) is 81.5 Å². The number of unbranched alkanes of at least 4 members (excludes halogenated alkanes) is 33.